The maximum atomic E-state index is 12.1. The second-order valence-corrected chi connectivity index (χ2v) is 7.60. The molecule has 4 rings (SSSR count). The third-order valence-electron chi connectivity index (χ3n) is 4.90. The van der Waals surface area contributed by atoms with Crippen molar-refractivity contribution in [3.63, 3.8) is 0 Å². The molecule has 0 radical (unpaired) electrons. The maximum Gasteiger partial charge on any atom is 0.336 e. The average Bonchev–Trinajstić information content (AvgIpc) is 2.65. The van der Waals surface area contributed by atoms with Crippen LogP contribution < -0.4 is 5.43 Å². The molecular formula is C24H20O5. The van der Waals surface area contributed by atoms with E-state index in [4.69, 9.17) is 4.42 Å². The molecule has 1 heterocycles. The smallest absolute Gasteiger partial charge is 0.336 e. The van der Waals surface area contributed by atoms with Crippen molar-refractivity contribution in [1.29, 1.82) is 0 Å². The number of hydrogen-bond acceptors (Lipinski definition) is 4. The molecule has 29 heavy (non-hydrogen) atoms. The Hall–Kier alpha value is -3.60. The maximum absolute atomic E-state index is 12.1. The van der Waals surface area contributed by atoms with Gasteiger partial charge in [0.15, 0.2) is 5.43 Å². The largest absolute Gasteiger partial charge is 0.508 e. The molecule has 0 saturated heterocycles. The summed E-state index contributed by atoms with van der Waals surface area (Å²) < 4.78 is 5.84. The van der Waals surface area contributed by atoms with Gasteiger partial charge in [-0.05, 0) is 53.8 Å². The molecule has 0 fully saturated rings. The van der Waals surface area contributed by atoms with Gasteiger partial charge in [0.1, 0.15) is 17.1 Å². The molecule has 2 aromatic rings. The van der Waals surface area contributed by atoms with E-state index in [0.29, 0.717) is 39.3 Å². The molecule has 5 heteroatoms. The highest BCUT2D eigenvalue weighted by Crippen LogP contribution is 2.42. The fraction of sp³-hybridized carbons (Fsp3) is 0.167. The fourth-order valence-corrected chi connectivity index (χ4v) is 3.73. The molecule has 0 spiro atoms. The van der Waals surface area contributed by atoms with Gasteiger partial charge in [0.05, 0.1) is 5.56 Å². The SMILES string of the molecule is CC(C)Cc1ccc(-c2c3ccc(=O)cc-3oc3cc(O)ccc23)c(C(=O)O)c1. The van der Waals surface area contributed by atoms with Crippen LogP contribution in [0, 0.1) is 5.92 Å². The minimum atomic E-state index is -1.02. The van der Waals surface area contributed by atoms with Crippen molar-refractivity contribution in [3.05, 3.63) is 75.9 Å². The Morgan fingerprint density at radius 2 is 1.76 bits per heavy atom. The number of rotatable bonds is 4. The highest BCUT2D eigenvalue weighted by molar-refractivity contribution is 6.07. The molecular weight excluding hydrogens is 368 g/mol. The average molecular weight is 388 g/mol. The van der Waals surface area contributed by atoms with Gasteiger partial charge in [0, 0.05) is 28.6 Å². The Kier molecular flexibility index (Phi) is 4.59. The van der Waals surface area contributed by atoms with Crippen LogP contribution in [0.5, 0.6) is 5.75 Å². The third-order valence-corrected chi connectivity index (χ3v) is 4.90. The lowest BCUT2D eigenvalue weighted by atomic mass is 9.89. The molecule has 0 atom stereocenters. The lowest BCUT2D eigenvalue weighted by molar-refractivity contribution is 0.0697. The molecule has 1 aliphatic heterocycles. The van der Waals surface area contributed by atoms with Gasteiger partial charge < -0.3 is 14.6 Å². The summed E-state index contributed by atoms with van der Waals surface area (Å²) in [6.45, 7) is 4.17. The molecule has 5 nitrogen and oxygen atoms in total. The zero-order valence-electron chi connectivity index (χ0n) is 16.1. The summed E-state index contributed by atoms with van der Waals surface area (Å²) in [5.74, 6) is -0.256. The Morgan fingerprint density at radius 1 is 1.00 bits per heavy atom. The van der Waals surface area contributed by atoms with Crippen molar-refractivity contribution in [1.82, 2.24) is 0 Å². The van der Waals surface area contributed by atoms with Gasteiger partial charge in [-0.1, -0.05) is 26.0 Å². The molecule has 1 aliphatic carbocycles. The quantitative estimate of drug-likeness (QED) is 0.471. The molecule has 0 bridgehead atoms. The number of phenols is 1. The third kappa shape index (κ3) is 3.47. The minimum Gasteiger partial charge on any atom is -0.508 e. The molecule has 0 saturated carbocycles. The van der Waals surface area contributed by atoms with Gasteiger partial charge in [-0.3, -0.25) is 4.79 Å². The molecule has 2 aromatic carbocycles. The normalized spacial score (nSPS) is 11.4. The fourth-order valence-electron chi connectivity index (χ4n) is 3.73. The van der Waals surface area contributed by atoms with Crippen molar-refractivity contribution >= 4 is 16.9 Å². The van der Waals surface area contributed by atoms with Gasteiger partial charge in [-0.2, -0.15) is 0 Å². The van der Waals surface area contributed by atoms with Crippen molar-refractivity contribution < 1.29 is 19.4 Å². The van der Waals surface area contributed by atoms with Crippen LogP contribution in [0.25, 0.3) is 33.4 Å². The van der Waals surface area contributed by atoms with Crippen LogP contribution in [0.3, 0.4) is 0 Å². The molecule has 0 amide bonds. The Morgan fingerprint density at radius 3 is 2.48 bits per heavy atom. The van der Waals surface area contributed by atoms with E-state index >= 15 is 0 Å². The van der Waals surface area contributed by atoms with Crippen LogP contribution in [0.2, 0.25) is 0 Å². The van der Waals surface area contributed by atoms with Gasteiger partial charge in [0.2, 0.25) is 0 Å². The summed E-state index contributed by atoms with van der Waals surface area (Å²) in [4.78, 5) is 24.0. The number of fused-ring (bicyclic) bond motifs is 2. The van der Waals surface area contributed by atoms with E-state index in [1.54, 1.807) is 18.2 Å². The lowest BCUT2D eigenvalue weighted by Crippen LogP contribution is -2.05. The summed E-state index contributed by atoms with van der Waals surface area (Å²) in [5, 5.41) is 20.4. The van der Waals surface area contributed by atoms with Crippen LogP contribution in [0.1, 0.15) is 29.8 Å². The first-order chi connectivity index (χ1) is 13.8. The highest BCUT2D eigenvalue weighted by Gasteiger charge is 2.22. The first-order valence-corrected chi connectivity index (χ1v) is 9.39. The number of carboxylic acids is 1. The molecule has 0 aromatic heterocycles. The van der Waals surface area contributed by atoms with Crippen LogP contribution in [0.15, 0.2) is 63.8 Å². The monoisotopic (exact) mass is 388 g/mol. The van der Waals surface area contributed by atoms with Crippen LogP contribution >= 0.6 is 0 Å². The van der Waals surface area contributed by atoms with Crippen LogP contribution in [-0.2, 0) is 6.42 Å². The first-order valence-electron chi connectivity index (χ1n) is 9.39. The van der Waals surface area contributed by atoms with E-state index in [-0.39, 0.29) is 16.7 Å². The number of aromatic hydroxyl groups is 1. The first kappa shape index (κ1) is 18.7. The zero-order valence-corrected chi connectivity index (χ0v) is 16.1. The van der Waals surface area contributed by atoms with Crippen LogP contribution in [-0.4, -0.2) is 16.2 Å². The standard InChI is InChI=1S/C24H20O5/c1-13(2)9-14-3-6-17(20(10-14)24(27)28)23-18-7-4-15(25)11-21(18)29-22-12-16(26)5-8-19(22)23/h3-8,10-13,25H,9H2,1-2H3,(H,27,28). The van der Waals surface area contributed by atoms with Gasteiger partial charge in [0.25, 0.3) is 0 Å². The van der Waals surface area contributed by atoms with Crippen molar-refractivity contribution in [2.24, 2.45) is 5.92 Å². The van der Waals surface area contributed by atoms with E-state index in [9.17, 15) is 19.8 Å². The van der Waals surface area contributed by atoms with Crippen molar-refractivity contribution in [2.75, 3.05) is 0 Å². The van der Waals surface area contributed by atoms with Crippen LogP contribution in [0.4, 0.5) is 0 Å². The van der Waals surface area contributed by atoms with E-state index in [1.807, 2.05) is 12.1 Å². The molecule has 2 N–H and O–H groups in total. The topological polar surface area (TPSA) is 87.7 Å². The van der Waals surface area contributed by atoms with E-state index < -0.39 is 5.97 Å². The van der Waals surface area contributed by atoms with E-state index in [1.165, 1.54) is 24.3 Å². The predicted molar refractivity (Wildman–Crippen MR) is 112 cm³/mol. The Labute approximate surface area is 167 Å². The van der Waals surface area contributed by atoms with Crippen molar-refractivity contribution in [3.8, 4) is 28.2 Å². The zero-order chi connectivity index (χ0) is 20.7. The van der Waals surface area contributed by atoms with Gasteiger partial charge in [-0.25, -0.2) is 4.79 Å². The minimum absolute atomic E-state index is 0.0237. The summed E-state index contributed by atoms with van der Waals surface area (Å²) in [6, 6.07) is 14.6. The summed E-state index contributed by atoms with van der Waals surface area (Å²) in [5.41, 5.74) is 3.15. The lowest BCUT2D eigenvalue weighted by Gasteiger charge is -2.17. The summed E-state index contributed by atoms with van der Waals surface area (Å²) in [7, 11) is 0. The predicted octanol–water partition coefficient (Wildman–Crippen LogP) is 5.17. The Bertz CT molecular complexity index is 1270. The highest BCUT2D eigenvalue weighted by atomic mass is 16.4. The summed E-state index contributed by atoms with van der Waals surface area (Å²) in [6.07, 6.45) is 0.777. The van der Waals surface area contributed by atoms with Gasteiger partial charge in [-0.15, -0.1) is 0 Å². The molecule has 0 unspecified atom stereocenters. The number of hydrogen-bond donors (Lipinski definition) is 2. The summed E-state index contributed by atoms with van der Waals surface area (Å²) >= 11 is 0. The van der Waals surface area contributed by atoms with E-state index in [2.05, 4.69) is 13.8 Å². The Balaban J connectivity index is 2.09. The molecule has 146 valence electrons. The number of carbonyl (C=O) groups is 1. The van der Waals surface area contributed by atoms with Crippen molar-refractivity contribution in [2.45, 2.75) is 20.3 Å². The van der Waals surface area contributed by atoms with Gasteiger partial charge >= 0.3 is 5.97 Å². The van der Waals surface area contributed by atoms with E-state index in [0.717, 1.165) is 12.0 Å². The number of carboxylic acid groups (broad SMARTS) is 1. The second kappa shape index (κ2) is 7.09. The number of phenolic OH excluding ortho intramolecular Hbond substituents is 1. The second-order valence-electron chi connectivity index (χ2n) is 7.60. The number of benzene rings is 3. The number of aromatic carboxylic acids is 1. The molecule has 2 aliphatic rings.